The minimum Gasteiger partial charge on any atom is -0.467 e. The van der Waals surface area contributed by atoms with Crippen LogP contribution in [0.2, 0.25) is 0 Å². The molecular weight excluding hydrogens is 254 g/mol. The topological polar surface area (TPSA) is 72.4 Å². The van der Waals surface area contributed by atoms with Crippen molar-refractivity contribution in [1.29, 1.82) is 0 Å². The predicted molar refractivity (Wildman–Crippen MR) is 73.8 cm³/mol. The third-order valence-electron chi connectivity index (χ3n) is 3.71. The number of hydrogen-bond donors (Lipinski definition) is 1. The van der Waals surface area contributed by atoms with Gasteiger partial charge in [0.25, 0.3) is 5.91 Å². The fourth-order valence-corrected chi connectivity index (χ4v) is 2.71. The second kappa shape index (κ2) is 5.46. The van der Waals surface area contributed by atoms with E-state index in [0.717, 1.165) is 24.9 Å². The van der Waals surface area contributed by atoms with E-state index in [-0.39, 0.29) is 11.9 Å². The van der Waals surface area contributed by atoms with Crippen molar-refractivity contribution in [1.82, 2.24) is 9.88 Å². The number of furan rings is 1. The van der Waals surface area contributed by atoms with E-state index in [1.54, 1.807) is 18.5 Å². The number of carbonyl (C=O) groups excluding carboxylic acids is 1. The fraction of sp³-hybridized carbons (Fsp3) is 0.333. The van der Waals surface area contributed by atoms with Crippen LogP contribution in [-0.4, -0.2) is 22.3 Å². The molecule has 104 valence electrons. The second-order valence-corrected chi connectivity index (χ2v) is 4.94. The molecule has 2 N–H and O–H groups in total. The molecule has 1 fully saturated rings. The van der Waals surface area contributed by atoms with Gasteiger partial charge in [-0.15, -0.1) is 0 Å². The minimum atomic E-state index is 0.00719. The summed E-state index contributed by atoms with van der Waals surface area (Å²) in [5.74, 6) is 0.640. The first-order chi connectivity index (χ1) is 9.79. The molecule has 0 bridgehead atoms. The zero-order valence-corrected chi connectivity index (χ0v) is 11.2. The molecule has 0 aromatic carbocycles. The summed E-state index contributed by atoms with van der Waals surface area (Å²) in [7, 11) is 0. The molecule has 3 rings (SSSR count). The maximum Gasteiger partial charge on any atom is 0.257 e. The number of aromatic nitrogens is 1. The summed E-state index contributed by atoms with van der Waals surface area (Å²) >= 11 is 0. The summed E-state index contributed by atoms with van der Waals surface area (Å²) in [6, 6.07) is 5.79. The first-order valence-electron chi connectivity index (χ1n) is 6.78. The molecule has 1 amide bonds. The summed E-state index contributed by atoms with van der Waals surface area (Å²) in [6.07, 6.45) is 7.02. The number of nitrogens with two attached hydrogens (primary N) is 1. The summed E-state index contributed by atoms with van der Waals surface area (Å²) < 4.78 is 5.25. The lowest BCUT2D eigenvalue weighted by molar-refractivity contribution is 0.0735. The Kier molecular flexibility index (Phi) is 3.52. The van der Waals surface area contributed by atoms with E-state index in [1.807, 2.05) is 17.0 Å². The van der Waals surface area contributed by atoms with E-state index >= 15 is 0 Å². The molecule has 0 aliphatic carbocycles. The van der Waals surface area contributed by atoms with Crippen LogP contribution in [0.5, 0.6) is 0 Å². The van der Waals surface area contributed by atoms with Crippen molar-refractivity contribution >= 4 is 5.91 Å². The molecular formula is C15H17N3O2. The van der Waals surface area contributed by atoms with Crippen LogP contribution in [0.1, 0.15) is 40.6 Å². The Hall–Kier alpha value is -2.14. The first kappa shape index (κ1) is 12.9. The van der Waals surface area contributed by atoms with Crippen molar-refractivity contribution < 1.29 is 9.21 Å². The van der Waals surface area contributed by atoms with Crippen molar-refractivity contribution in [3.05, 3.63) is 53.7 Å². The van der Waals surface area contributed by atoms with Crippen molar-refractivity contribution in [3.63, 3.8) is 0 Å². The lowest BCUT2D eigenvalue weighted by Crippen LogP contribution is -2.30. The van der Waals surface area contributed by atoms with E-state index < -0.39 is 0 Å². The van der Waals surface area contributed by atoms with E-state index in [1.165, 1.54) is 6.26 Å². The van der Waals surface area contributed by atoms with Gasteiger partial charge in [0.15, 0.2) is 0 Å². The molecule has 1 aliphatic rings. The van der Waals surface area contributed by atoms with Gasteiger partial charge in [-0.2, -0.15) is 0 Å². The lowest BCUT2D eigenvalue weighted by atomic mass is 10.1. The van der Waals surface area contributed by atoms with Crippen molar-refractivity contribution in [2.75, 3.05) is 6.54 Å². The highest BCUT2D eigenvalue weighted by molar-refractivity contribution is 5.94. The molecule has 1 unspecified atom stereocenters. The van der Waals surface area contributed by atoms with Gasteiger partial charge in [0.05, 0.1) is 18.2 Å². The van der Waals surface area contributed by atoms with E-state index in [4.69, 9.17) is 10.2 Å². The van der Waals surface area contributed by atoms with Crippen molar-refractivity contribution in [2.45, 2.75) is 25.4 Å². The molecule has 2 aromatic rings. The SMILES string of the molecule is NCc1cc(C(=O)N2CCCC2c2ccncc2)co1. The highest BCUT2D eigenvalue weighted by atomic mass is 16.3. The Morgan fingerprint density at radius 2 is 2.25 bits per heavy atom. The average molecular weight is 271 g/mol. The van der Waals surface area contributed by atoms with Gasteiger partial charge in [0.2, 0.25) is 0 Å². The molecule has 1 atom stereocenters. The molecule has 20 heavy (non-hydrogen) atoms. The normalized spacial score (nSPS) is 18.4. The summed E-state index contributed by atoms with van der Waals surface area (Å²) in [5.41, 5.74) is 7.22. The largest absolute Gasteiger partial charge is 0.467 e. The fourth-order valence-electron chi connectivity index (χ4n) is 2.71. The second-order valence-electron chi connectivity index (χ2n) is 4.94. The third-order valence-corrected chi connectivity index (χ3v) is 3.71. The van der Waals surface area contributed by atoms with Crippen molar-refractivity contribution in [3.8, 4) is 0 Å². The van der Waals surface area contributed by atoms with Crippen LogP contribution in [0.15, 0.2) is 41.3 Å². The summed E-state index contributed by atoms with van der Waals surface area (Å²) in [6.45, 7) is 1.08. The molecule has 1 saturated heterocycles. The standard InChI is InChI=1S/C15H17N3O2/c16-9-13-8-12(10-20-13)15(19)18-7-1-2-14(18)11-3-5-17-6-4-11/h3-6,8,10,14H,1-2,7,9,16H2. The number of amides is 1. The number of carbonyl (C=O) groups is 1. The highest BCUT2D eigenvalue weighted by Gasteiger charge is 2.31. The first-order valence-corrected chi connectivity index (χ1v) is 6.78. The van der Waals surface area contributed by atoms with Crippen LogP contribution in [0.4, 0.5) is 0 Å². The summed E-state index contributed by atoms with van der Waals surface area (Å²) in [5, 5.41) is 0. The van der Waals surface area contributed by atoms with Gasteiger partial charge < -0.3 is 15.1 Å². The maximum absolute atomic E-state index is 12.6. The lowest BCUT2D eigenvalue weighted by Gasteiger charge is -2.24. The zero-order chi connectivity index (χ0) is 13.9. The number of nitrogens with zero attached hydrogens (tertiary/aromatic N) is 2. The average Bonchev–Trinajstić information content (AvgIpc) is 3.16. The van der Waals surface area contributed by atoms with E-state index in [0.29, 0.717) is 17.9 Å². The molecule has 2 aromatic heterocycles. The van der Waals surface area contributed by atoms with Gasteiger partial charge in [0.1, 0.15) is 12.0 Å². The monoisotopic (exact) mass is 271 g/mol. The van der Waals surface area contributed by atoms with Crippen LogP contribution in [-0.2, 0) is 6.54 Å². The van der Waals surface area contributed by atoms with Gasteiger partial charge >= 0.3 is 0 Å². The van der Waals surface area contributed by atoms with Crippen LogP contribution in [0.3, 0.4) is 0 Å². The van der Waals surface area contributed by atoms with Crippen LogP contribution < -0.4 is 5.73 Å². The number of likely N-dealkylation sites (tertiary alicyclic amines) is 1. The smallest absolute Gasteiger partial charge is 0.257 e. The predicted octanol–water partition coefficient (Wildman–Crippen LogP) is 2.11. The minimum absolute atomic E-state index is 0.00719. The Morgan fingerprint density at radius 3 is 2.95 bits per heavy atom. The van der Waals surface area contributed by atoms with Crippen LogP contribution in [0.25, 0.3) is 0 Å². The Bertz CT molecular complexity index is 594. The molecule has 3 heterocycles. The number of rotatable bonds is 3. The van der Waals surface area contributed by atoms with Gasteiger partial charge in [0, 0.05) is 18.9 Å². The molecule has 1 aliphatic heterocycles. The highest BCUT2D eigenvalue weighted by Crippen LogP contribution is 2.32. The maximum atomic E-state index is 12.6. The van der Waals surface area contributed by atoms with Crippen LogP contribution >= 0.6 is 0 Å². The van der Waals surface area contributed by atoms with Gasteiger partial charge in [-0.3, -0.25) is 9.78 Å². The van der Waals surface area contributed by atoms with E-state index in [9.17, 15) is 4.79 Å². The molecule has 5 nitrogen and oxygen atoms in total. The van der Waals surface area contributed by atoms with Gasteiger partial charge in [-0.25, -0.2) is 0 Å². The van der Waals surface area contributed by atoms with Gasteiger partial charge in [-0.05, 0) is 36.6 Å². The summed E-state index contributed by atoms with van der Waals surface area (Å²) in [4.78, 5) is 18.5. The number of hydrogen-bond acceptors (Lipinski definition) is 4. The molecule has 0 saturated carbocycles. The third kappa shape index (κ3) is 2.32. The number of pyridine rings is 1. The zero-order valence-electron chi connectivity index (χ0n) is 11.2. The van der Waals surface area contributed by atoms with E-state index in [2.05, 4.69) is 4.98 Å². The van der Waals surface area contributed by atoms with Gasteiger partial charge in [-0.1, -0.05) is 0 Å². The van der Waals surface area contributed by atoms with Crippen molar-refractivity contribution in [2.24, 2.45) is 5.73 Å². The molecule has 0 spiro atoms. The molecule has 5 heteroatoms. The Labute approximate surface area is 117 Å². The quantitative estimate of drug-likeness (QED) is 0.928. The van der Waals surface area contributed by atoms with Crippen LogP contribution in [0, 0.1) is 0 Å². The Morgan fingerprint density at radius 1 is 1.45 bits per heavy atom. The molecule has 0 radical (unpaired) electrons. The Balaban J connectivity index is 1.83.